The van der Waals surface area contributed by atoms with Gasteiger partial charge in [0.1, 0.15) is 10.8 Å². The topological polar surface area (TPSA) is 64.1 Å². The van der Waals surface area contributed by atoms with Gasteiger partial charge in [0.15, 0.2) is 6.61 Å². The normalized spacial score (nSPS) is 10.3. The van der Waals surface area contributed by atoms with Crippen LogP contribution < -0.4 is 10.1 Å². The molecule has 1 aromatic heterocycles. The Morgan fingerprint density at radius 1 is 1.24 bits per heavy atom. The lowest BCUT2D eigenvalue weighted by Gasteiger charge is -2.04. The fourth-order valence-electron chi connectivity index (χ4n) is 1.75. The average Bonchev–Trinajstić information content (AvgIpc) is 2.94. The molecule has 0 bridgehead atoms. The third-order valence-corrected chi connectivity index (χ3v) is 3.72. The summed E-state index contributed by atoms with van der Waals surface area (Å²) in [5, 5.41) is 12.2. The van der Waals surface area contributed by atoms with Crippen molar-refractivity contribution in [2.24, 2.45) is 0 Å². The number of carbonyl (C=O) groups excluding carboxylic acids is 1. The molecule has 1 N–H and O–H groups in total. The Kier molecular flexibility index (Phi) is 6.15. The molecule has 0 aliphatic heterocycles. The zero-order valence-electron chi connectivity index (χ0n) is 12.0. The molecule has 1 heterocycles. The van der Waals surface area contributed by atoms with Crippen LogP contribution in [0.3, 0.4) is 0 Å². The van der Waals surface area contributed by atoms with E-state index >= 15 is 0 Å². The third-order valence-electron chi connectivity index (χ3n) is 2.82. The first-order valence-corrected chi connectivity index (χ1v) is 7.89. The summed E-state index contributed by atoms with van der Waals surface area (Å²) in [6.07, 6.45) is 4.39. The summed E-state index contributed by atoms with van der Waals surface area (Å²) >= 11 is 1.42. The average molecular weight is 305 g/mol. The summed E-state index contributed by atoms with van der Waals surface area (Å²) in [7, 11) is 0. The smallest absolute Gasteiger partial charge is 0.264 e. The number of rotatable bonds is 8. The molecule has 2 rings (SSSR count). The van der Waals surface area contributed by atoms with Gasteiger partial charge < -0.3 is 4.74 Å². The molecule has 5 nitrogen and oxygen atoms in total. The molecule has 0 atom stereocenters. The van der Waals surface area contributed by atoms with Crippen LogP contribution in [0.1, 0.15) is 31.2 Å². The molecular formula is C15H19N3O2S. The largest absolute Gasteiger partial charge is 0.484 e. The van der Waals surface area contributed by atoms with Crippen LogP contribution in [0.2, 0.25) is 0 Å². The van der Waals surface area contributed by atoms with Gasteiger partial charge in [-0.3, -0.25) is 10.1 Å². The number of nitrogens with zero attached hydrogens (tertiary/aromatic N) is 2. The zero-order valence-corrected chi connectivity index (χ0v) is 12.9. The number of aryl methyl sites for hydroxylation is 1. The van der Waals surface area contributed by atoms with Crippen molar-refractivity contribution >= 4 is 22.4 Å². The van der Waals surface area contributed by atoms with E-state index in [9.17, 15) is 4.79 Å². The second-order valence-corrected chi connectivity index (χ2v) is 5.67. The minimum absolute atomic E-state index is 0.0330. The first-order chi connectivity index (χ1) is 10.3. The van der Waals surface area contributed by atoms with Gasteiger partial charge in [0, 0.05) is 6.42 Å². The van der Waals surface area contributed by atoms with Crippen molar-refractivity contribution in [3.8, 4) is 5.75 Å². The molecule has 0 unspecified atom stereocenters. The first-order valence-electron chi connectivity index (χ1n) is 7.08. The van der Waals surface area contributed by atoms with Crippen LogP contribution in [0, 0.1) is 0 Å². The third kappa shape index (κ3) is 5.51. The van der Waals surface area contributed by atoms with Crippen LogP contribution in [-0.2, 0) is 11.2 Å². The molecule has 1 aromatic carbocycles. The predicted molar refractivity (Wildman–Crippen MR) is 83.7 cm³/mol. The fourth-order valence-corrected chi connectivity index (χ4v) is 2.55. The monoisotopic (exact) mass is 305 g/mol. The Morgan fingerprint density at radius 3 is 2.81 bits per heavy atom. The van der Waals surface area contributed by atoms with Crippen molar-refractivity contribution in [2.45, 2.75) is 32.6 Å². The second kappa shape index (κ2) is 8.36. The van der Waals surface area contributed by atoms with Crippen LogP contribution in [0.25, 0.3) is 0 Å². The SMILES string of the molecule is CCCCCc1nnc(NC(=O)COc2ccccc2)s1. The van der Waals surface area contributed by atoms with E-state index in [-0.39, 0.29) is 12.5 Å². The van der Waals surface area contributed by atoms with Crippen LogP contribution in [0.4, 0.5) is 5.13 Å². The number of amides is 1. The number of anilines is 1. The van der Waals surface area contributed by atoms with Crippen LogP contribution in [0.5, 0.6) is 5.75 Å². The summed E-state index contributed by atoms with van der Waals surface area (Å²) in [5.41, 5.74) is 0. The maximum atomic E-state index is 11.8. The Bertz CT molecular complexity index is 557. The molecule has 0 saturated carbocycles. The highest BCUT2D eigenvalue weighted by Gasteiger charge is 2.08. The Balaban J connectivity index is 1.75. The highest BCUT2D eigenvalue weighted by molar-refractivity contribution is 7.15. The molecule has 1 amide bonds. The number of ether oxygens (including phenoxy) is 1. The van der Waals surface area contributed by atoms with E-state index < -0.39 is 0 Å². The summed E-state index contributed by atoms with van der Waals surface area (Å²) in [4.78, 5) is 11.8. The van der Waals surface area contributed by atoms with E-state index in [2.05, 4.69) is 22.4 Å². The lowest BCUT2D eigenvalue weighted by atomic mass is 10.2. The Hall–Kier alpha value is -1.95. The van der Waals surface area contributed by atoms with Gasteiger partial charge in [-0.15, -0.1) is 10.2 Å². The summed E-state index contributed by atoms with van der Waals surface area (Å²) in [6, 6.07) is 9.24. The number of unbranched alkanes of at least 4 members (excludes halogenated alkanes) is 2. The maximum Gasteiger partial charge on any atom is 0.264 e. The molecule has 0 aliphatic rings. The predicted octanol–water partition coefficient (Wildman–Crippen LogP) is 3.29. The van der Waals surface area contributed by atoms with Crippen LogP contribution in [-0.4, -0.2) is 22.7 Å². The van der Waals surface area contributed by atoms with Gasteiger partial charge >= 0.3 is 0 Å². The molecule has 0 spiro atoms. The number of carbonyl (C=O) groups is 1. The number of nitrogens with one attached hydrogen (secondary N) is 1. The van der Waals surface area contributed by atoms with E-state index in [1.165, 1.54) is 24.2 Å². The number of para-hydroxylation sites is 1. The van der Waals surface area contributed by atoms with Gasteiger partial charge in [0.05, 0.1) is 0 Å². The van der Waals surface area contributed by atoms with Crippen LogP contribution >= 0.6 is 11.3 Å². The summed E-state index contributed by atoms with van der Waals surface area (Å²) in [6.45, 7) is 2.13. The molecule has 0 saturated heterocycles. The van der Waals surface area contributed by atoms with Gasteiger partial charge in [0.2, 0.25) is 5.13 Å². The van der Waals surface area contributed by atoms with E-state index in [0.717, 1.165) is 17.8 Å². The molecular weight excluding hydrogens is 286 g/mol. The molecule has 112 valence electrons. The number of hydrogen-bond donors (Lipinski definition) is 1. The molecule has 6 heteroatoms. The molecule has 0 fully saturated rings. The number of aromatic nitrogens is 2. The first kappa shape index (κ1) is 15.4. The molecule has 2 aromatic rings. The van der Waals surface area contributed by atoms with Crippen molar-refractivity contribution in [2.75, 3.05) is 11.9 Å². The maximum absolute atomic E-state index is 11.8. The quantitative estimate of drug-likeness (QED) is 0.760. The fraction of sp³-hybridized carbons (Fsp3) is 0.400. The highest BCUT2D eigenvalue weighted by atomic mass is 32.1. The molecule has 21 heavy (non-hydrogen) atoms. The Labute approximate surface area is 128 Å². The zero-order chi connectivity index (χ0) is 14.9. The highest BCUT2D eigenvalue weighted by Crippen LogP contribution is 2.17. The lowest BCUT2D eigenvalue weighted by molar-refractivity contribution is -0.118. The van der Waals surface area contributed by atoms with Gasteiger partial charge in [-0.25, -0.2) is 0 Å². The van der Waals surface area contributed by atoms with Gasteiger partial charge in [-0.2, -0.15) is 0 Å². The van der Waals surface area contributed by atoms with Crippen LogP contribution in [0.15, 0.2) is 30.3 Å². The van der Waals surface area contributed by atoms with E-state index in [1.54, 1.807) is 0 Å². The molecule has 0 aliphatic carbocycles. The van der Waals surface area contributed by atoms with Crippen molar-refractivity contribution in [1.82, 2.24) is 10.2 Å². The van der Waals surface area contributed by atoms with E-state index in [0.29, 0.717) is 10.9 Å². The molecule has 0 radical (unpaired) electrons. The van der Waals surface area contributed by atoms with Gasteiger partial charge in [-0.05, 0) is 18.6 Å². The van der Waals surface area contributed by atoms with Crippen molar-refractivity contribution in [3.05, 3.63) is 35.3 Å². The number of hydrogen-bond acceptors (Lipinski definition) is 5. The summed E-state index contributed by atoms with van der Waals surface area (Å²) < 4.78 is 5.37. The van der Waals surface area contributed by atoms with Crippen molar-refractivity contribution < 1.29 is 9.53 Å². The standard InChI is InChI=1S/C15H19N3O2S/c1-2-3-5-10-14-17-18-15(21-14)16-13(19)11-20-12-8-6-4-7-9-12/h4,6-9H,2-3,5,10-11H2,1H3,(H,16,18,19). The Morgan fingerprint density at radius 2 is 2.05 bits per heavy atom. The minimum Gasteiger partial charge on any atom is -0.484 e. The van der Waals surface area contributed by atoms with E-state index in [1.807, 2.05) is 30.3 Å². The summed E-state index contributed by atoms with van der Waals surface area (Å²) in [5.74, 6) is 0.445. The number of benzene rings is 1. The van der Waals surface area contributed by atoms with Crippen molar-refractivity contribution in [3.63, 3.8) is 0 Å². The minimum atomic E-state index is -0.227. The van der Waals surface area contributed by atoms with Crippen molar-refractivity contribution in [1.29, 1.82) is 0 Å². The lowest BCUT2D eigenvalue weighted by Crippen LogP contribution is -2.20. The van der Waals surface area contributed by atoms with Gasteiger partial charge in [0.25, 0.3) is 5.91 Å². The second-order valence-electron chi connectivity index (χ2n) is 4.61. The van der Waals surface area contributed by atoms with E-state index in [4.69, 9.17) is 4.74 Å². The van der Waals surface area contributed by atoms with Gasteiger partial charge in [-0.1, -0.05) is 49.3 Å².